The van der Waals surface area contributed by atoms with E-state index in [1.165, 1.54) is 29.4 Å². The van der Waals surface area contributed by atoms with Crippen molar-refractivity contribution in [3.8, 4) is 5.75 Å². The van der Waals surface area contributed by atoms with Crippen molar-refractivity contribution in [1.29, 1.82) is 0 Å². The summed E-state index contributed by atoms with van der Waals surface area (Å²) in [6.45, 7) is 1.88. The Labute approximate surface area is 214 Å². The molecule has 0 spiro atoms. The van der Waals surface area contributed by atoms with Crippen LogP contribution in [0.4, 0.5) is 5.13 Å². The summed E-state index contributed by atoms with van der Waals surface area (Å²) in [5.74, 6) is -1.62. The van der Waals surface area contributed by atoms with Gasteiger partial charge in [-0.15, -0.1) is 0 Å². The summed E-state index contributed by atoms with van der Waals surface area (Å²) in [6.07, 6.45) is 1.56. The minimum Gasteiger partial charge on any atom is -0.507 e. The minimum atomic E-state index is -0.991. The SMILES string of the molecule is COc1ccc(/C(O)=C2\C(=O)C(=O)N(c3nc4cc(Cl)c(C)cc4s3)C2c2ccccn2)cc1Cl. The Hall–Kier alpha value is -3.46. The van der Waals surface area contributed by atoms with E-state index in [0.29, 0.717) is 27.1 Å². The topological polar surface area (TPSA) is 92.6 Å². The molecule has 5 rings (SSSR count). The second-order valence-electron chi connectivity index (χ2n) is 7.84. The van der Waals surface area contributed by atoms with Gasteiger partial charge in [0.15, 0.2) is 5.13 Å². The summed E-state index contributed by atoms with van der Waals surface area (Å²) in [7, 11) is 1.47. The first-order valence-corrected chi connectivity index (χ1v) is 12.0. The molecule has 0 radical (unpaired) electrons. The van der Waals surface area contributed by atoms with Crippen LogP contribution >= 0.6 is 34.5 Å². The van der Waals surface area contributed by atoms with Crippen LogP contribution in [-0.2, 0) is 9.59 Å². The van der Waals surface area contributed by atoms with E-state index < -0.39 is 17.7 Å². The fourth-order valence-electron chi connectivity index (χ4n) is 3.96. The maximum Gasteiger partial charge on any atom is 0.301 e. The van der Waals surface area contributed by atoms with E-state index in [2.05, 4.69) is 9.97 Å². The lowest BCUT2D eigenvalue weighted by Gasteiger charge is -2.22. The number of rotatable bonds is 4. The number of aromatic nitrogens is 2. The van der Waals surface area contributed by atoms with E-state index in [1.807, 2.05) is 13.0 Å². The quantitative estimate of drug-likeness (QED) is 0.201. The van der Waals surface area contributed by atoms with Gasteiger partial charge in [-0.3, -0.25) is 19.5 Å². The number of fused-ring (bicyclic) bond motifs is 1. The summed E-state index contributed by atoms with van der Waals surface area (Å²) in [5, 5.41) is 12.3. The van der Waals surface area contributed by atoms with Crippen molar-refractivity contribution >= 4 is 67.3 Å². The van der Waals surface area contributed by atoms with Crippen LogP contribution in [0.25, 0.3) is 16.0 Å². The van der Waals surface area contributed by atoms with Crippen molar-refractivity contribution in [1.82, 2.24) is 9.97 Å². The van der Waals surface area contributed by atoms with Crippen LogP contribution in [0.2, 0.25) is 10.0 Å². The molecule has 4 aromatic rings. The number of hydrogen-bond donors (Lipinski definition) is 1. The smallest absolute Gasteiger partial charge is 0.301 e. The lowest BCUT2D eigenvalue weighted by atomic mass is 9.98. The largest absolute Gasteiger partial charge is 0.507 e. The molecule has 1 N–H and O–H groups in total. The molecule has 3 heterocycles. The Morgan fingerprint density at radius 3 is 2.60 bits per heavy atom. The van der Waals surface area contributed by atoms with Crippen LogP contribution in [0.15, 0.2) is 60.3 Å². The first-order valence-electron chi connectivity index (χ1n) is 10.4. The zero-order valence-electron chi connectivity index (χ0n) is 18.5. The number of aliphatic hydroxyl groups is 1. The monoisotopic (exact) mass is 525 g/mol. The first-order chi connectivity index (χ1) is 16.8. The van der Waals surface area contributed by atoms with Crippen LogP contribution in [0.3, 0.4) is 0 Å². The number of thiazole rings is 1. The number of halogens is 2. The normalized spacial score (nSPS) is 17.4. The number of methoxy groups -OCH3 is 1. The van der Waals surface area contributed by atoms with Crippen LogP contribution < -0.4 is 9.64 Å². The highest BCUT2D eigenvalue weighted by molar-refractivity contribution is 7.22. The molecule has 1 aliphatic rings. The molecule has 1 aliphatic heterocycles. The van der Waals surface area contributed by atoms with Gasteiger partial charge < -0.3 is 9.84 Å². The zero-order chi connectivity index (χ0) is 24.9. The summed E-state index contributed by atoms with van der Waals surface area (Å²) in [6, 6.07) is 12.4. The van der Waals surface area contributed by atoms with Gasteiger partial charge in [-0.2, -0.15) is 0 Å². The van der Waals surface area contributed by atoms with Gasteiger partial charge in [0.25, 0.3) is 5.78 Å². The molecule has 2 aromatic carbocycles. The highest BCUT2D eigenvalue weighted by atomic mass is 35.5. The Morgan fingerprint density at radius 1 is 1.11 bits per heavy atom. The molecule has 0 aliphatic carbocycles. The highest BCUT2D eigenvalue weighted by Gasteiger charge is 2.48. The van der Waals surface area contributed by atoms with Crippen molar-refractivity contribution in [2.45, 2.75) is 13.0 Å². The number of benzene rings is 2. The molecule has 7 nitrogen and oxygen atoms in total. The molecule has 1 fully saturated rings. The van der Waals surface area contributed by atoms with Gasteiger partial charge in [0, 0.05) is 16.8 Å². The van der Waals surface area contributed by atoms with Crippen molar-refractivity contribution in [3.05, 3.63) is 87.2 Å². The predicted molar refractivity (Wildman–Crippen MR) is 136 cm³/mol. The predicted octanol–water partition coefficient (Wildman–Crippen LogP) is 5.94. The van der Waals surface area contributed by atoms with Gasteiger partial charge >= 0.3 is 5.91 Å². The fourth-order valence-corrected chi connectivity index (χ4v) is 5.45. The van der Waals surface area contributed by atoms with Gasteiger partial charge in [0.05, 0.1) is 33.6 Å². The molecule has 1 saturated heterocycles. The lowest BCUT2D eigenvalue weighted by molar-refractivity contribution is -0.132. The maximum atomic E-state index is 13.3. The second kappa shape index (κ2) is 8.96. The summed E-state index contributed by atoms with van der Waals surface area (Å²) >= 11 is 13.8. The summed E-state index contributed by atoms with van der Waals surface area (Å²) < 4.78 is 5.98. The van der Waals surface area contributed by atoms with Gasteiger partial charge in [-0.05, 0) is 55.0 Å². The number of ether oxygens (including phenoxy) is 1. The molecule has 0 saturated carbocycles. The van der Waals surface area contributed by atoms with E-state index in [9.17, 15) is 14.7 Å². The zero-order valence-corrected chi connectivity index (χ0v) is 20.8. The van der Waals surface area contributed by atoms with E-state index in [4.69, 9.17) is 27.9 Å². The number of carbonyl (C=O) groups is 2. The van der Waals surface area contributed by atoms with Crippen molar-refractivity contribution in [3.63, 3.8) is 0 Å². The fraction of sp³-hybridized carbons (Fsp3) is 0.120. The number of pyridine rings is 1. The molecule has 1 unspecified atom stereocenters. The number of anilines is 1. The first kappa shape index (κ1) is 23.3. The minimum absolute atomic E-state index is 0.108. The van der Waals surface area contributed by atoms with Crippen LogP contribution in [0, 0.1) is 6.92 Å². The van der Waals surface area contributed by atoms with E-state index in [1.54, 1.807) is 42.6 Å². The van der Waals surface area contributed by atoms with Crippen molar-refractivity contribution in [2.75, 3.05) is 12.0 Å². The third kappa shape index (κ3) is 3.93. The molecule has 10 heteroatoms. The number of aliphatic hydroxyl groups excluding tert-OH is 1. The molecule has 1 amide bonds. The summed E-state index contributed by atoms with van der Waals surface area (Å²) in [4.78, 5) is 36.8. The average molecular weight is 526 g/mol. The third-order valence-corrected chi connectivity index (χ3v) is 7.42. The molecular formula is C25H17Cl2N3O4S. The number of Topliss-reactive ketones (excluding diaryl/α,β-unsaturated/α-hetero) is 1. The Morgan fingerprint density at radius 2 is 1.91 bits per heavy atom. The number of amides is 1. The second-order valence-corrected chi connectivity index (χ2v) is 9.66. The standard InChI is InChI=1S/C25H17Cl2N3O4S/c1-12-9-19-17(11-14(12)26)29-25(35-19)30-21(16-5-3-4-8-28-16)20(23(32)24(30)33)22(31)13-6-7-18(34-2)15(27)10-13/h3-11,21,31H,1-2H3/b22-20+. The van der Waals surface area contributed by atoms with Crippen molar-refractivity contribution in [2.24, 2.45) is 0 Å². The molecule has 176 valence electrons. The average Bonchev–Trinajstić information content (AvgIpc) is 3.37. The van der Waals surface area contributed by atoms with E-state index in [-0.39, 0.29) is 21.9 Å². The van der Waals surface area contributed by atoms with E-state index >= 15 is 0 Å². The number of aryl methyl sites for hydroxylation is 1. The molecule has 2 aromatic heterocycles. The molecule has 0 bridgehead atoms. The van der Waals surface area contributed by atoms with E-state index in [0.717, 1.165) is 10.3 Å². The van der Waals surface area contributed by atoms with Crippen LogP contribution in [-0.4, -0.2) is 33.9 Å². The van der Waals surface area contributed by atoms with Gasteiger partial charge in [-0.25, -0.2) is 4.98 Å². The van der Waals surface area contributed by atoms with Crippen LogP contribution in [0.5, 0.6) is 5.75 Å². The van der Waals surface area contributed by atoms with Gasteiger partial charge in [0.2, 0.25) is 0 Å². The maximum absolute atomic E-state index is 13.3. The Balaban J connectivity index is 1.71. The lowest BCUT2D eigenvalue weighted by Crippen LogP contribution is -2.29. The molecule has 1 atom stereocenters. The number of hydrogen-bond acceptors (Lipinski definition) is 7. The summed E-state index contributed by atoms with van der Waals surface area (Å²) in [5.41, 5.74) is 2.03. The van der Waals surface area contributed by atoms with Gasteiger partial charge in [0.1, 0.15) is 17.6 Å². The van der Waals surface area contributed by atoms with Crippen molar-refractivity contribution < 1.29 is 19.4 Å². The molecular weight excluding hydrogens is 509 g/mol. The number of carbonyl (C=O) groups excluding carboxylic acids is 2. The Bertz CT molecular complexity index is 1500. The molecule has 35 heavy (non-hydrogen) atoms. The van der Waals surface area contributed by atoms with Crippen LogP contribution in [0.1, 0.15) is 22.9 Å². The number of ketones is 1. The third-order valence-electron chi connectivity index (χ3n) is 5.70. The number of nitrogens with zero attached hydrogens (tertiary/aromatic N) is 3. The Kier molecular flexibility index (Phi) is 5.96. The van der Waals surface area contributed by atoms with Gasteiger partial charge in [-0.1, -0.05) is 40.6 Å². The highest BCUT2D eigenvalue weighted by Crippen LogP contribution is 2.44.